The summed E-state index contributed by atoms with van der Waals surface area (Å²) < 4.78 is 36.1. The van der Waals surface area contributed by atoms with Crippen molar-refractivity contribution >= 4 is 11.7 Å². The summed E-state index contributed by atoms with van der Waals surface area (Å²) in [6.45, 7) is 0.974. The lowest BCUT2D eigenvalue weighted by Gasteiger charge is -2.08. The first-order valence-corrected chi connectivity index (χ1v) is 12.5. The third-order valence-corrected chi connectivity index (χ3v) is 5.78. The third-order valence-electron chi connectivity index (χ3n) is 5.78. The van der Waals surface area contributed by atoms with Gasteiger partial charge in [0.05, 0.1) is 0 Å². The van der Waals surface area contributed by atoms with Crippen molar-refractivity contribution in [2.75, 3.05) is 11.9 Å². The lowest BCUT2D eigenvalue weighted by atomic mass is 10.0. The van der Waals surface area contributed by atoms with E-state index >= 15 is 0 Å². The normalized spacial score (nSPS) is 11.6. The number of hydrogen-bond donors (Lipinski definition) is 2. The molecule has 0 aliphatic carbocycles. The van der Waals surface area contributed by atoms with Crippen LogP contribution in [-0.2, 0) is 11.2 Å². The number of rotatable bonds is 20. The highest BCUT2D eigenvalue weighted by molar-refractivity contribution is 5.66. The summed E-state index contributed by atoms with van der Waals surface area (Å²) in [5.74, 6) is -0.739. The van der Waals surface area contributed by atoms with Gasteiger partial charge in [0.15, 0.2) is 0 Å². The molecule has 0 aromatic heterocycles. The molecule has 0 saturated heterocycles. The molecule has 1 aromatic rings. The molecule has 0 saturated carbocycles. The Morgan fingerprint density at radius 1 is 0.719 bits per heavy atom. The summed E-state index contributed by atoms with van der Waals surface area (Å²) in [7, 11) is 0. The summed E-state index contributed by atoms with van der Waals surface area (Å²) in [4.78, 5) is 10.6. The van der Waals surface area contributed by atoms with Gasteiger partial charge in [-0.1, -0.05) is 82.8 Å². The first kappa shape index (κ1) is 28.3. The number of halogens is 3. The monoisotopic (exact) mass is 457 g/mol. The molecule has 0 fully saturated rings. The zero-order valence-electron chi connectivity index (χ0n) is 19.5. The number of anilines is 1. The second kappa shape index (κ2) is 17.8. The maximum Gasteiger partial charge on any atom is 0.389 e. The van der Waals surface area contributed by atoms with E-state index in [4.69, 9.17) is 5.11 Å². The maximum atomic E-state index is 12.0. The number of aliphatic carboxylic acids is 1. The Labute approximate surface area is 192 Å². The van der Waals surface area contributed by atoms with Gasteiger partial charge in [-0.05, 0) is 43.4 Å². The standard InChI is InChI=1S/C26H42F3NO2/c27-26(28,29)21-12-10-8-6-4-2-1-3-5-7-9-11-13-22-30-24-19-17-23(18-20-24)15-14-16-25(31)32/h17-20,30H,1-16,21-22H2,(H,31,32). The van der Waals surface area contributed by atoms with Crippen molar-refractivity contribution in [1.82, 2.24) is 0 Å². The Balaban J connectivity index is 1.84. The molecule has 0 bridgehead atoms. The van der Waals surface area contributed by atoms with Crippen LogP contribution in [0.2, 0.25) is 0 Å². The van der Waals surface area contributed by atoms with Crippen LogP contribution >= 0.6 is 0 Å². The fourth-order valence-electron chi connectivity index (χ4n) is 3.86. The molecule has 32 heavy (non-hydrogen) atoms. The molecule has 0 aliphatic heterocycles. The van der Waals surface area contributed by atoms with Gasteiger partial charge in [-0.15, -0.1) is 0 Å². The number of aryl methyl sites for hydroxylation is 1. The van der Waals surface area contributed by atoms with E-state index in [-0.39, 0.29) is 12.8 Å². The van der Waals surface area contributed by atoms with Crippen molar-refractivity contribution in [2.24, 2.45) is 0 Å². The minimum absolute atomic E-state index is 0.219. The number of benzene rings is 1. The summed E-state index contributed by atoms with van der Waals surface area (Å²) >= 11 is 0. The second-order valence-electron chi connectivity index (χ2n) is 8.83. The van der Waals surface area contributed by atoms with Crippen molar-refractivity contribution in [3.8, 4) is 0 Å². The lowest BCUT2D eigenvalue weighted by Crippen LogP contribution is -2.06. The number of carboxylic acids is 1. The zero-order chi connectivity index (χ0) is 23.5. The van der Waals surface area contributed by atoms with Gasteiger partial charge in [0.25, 0.3) is 0 Å². The van der Waals surface area contributed by atoms with Gasteiger partial charge in [-0.2, -0.15) is 13.2 Å². The molecule has 2 N–H and O–H groups in total. The van der Waals surface area contributed by atoms with E-state index in [1.54, 1.807) is 0 Å². The molecular formula is C26H42F3NO2. The Morgan fingerprint density at radius 3 is 1.66 bits per heavy atom. The van der Waals surface area contributed by atoms with E-state index in [0.717, 1.165) is 44.3 Å². The fourth-order valence-corrected chi connectivity index (χ4v) is 3.86. The molecule has 1 aromatic carbocycles. The molecule has 0 aliphatic rings. The molecule has 0 unspecified atom stereocenters. The molecule has 6 heteroatoms. The van der Waals surface area contributed by atoms with Crippen LogP contribution in [-0.4, -0.2) is 23.8 Å². The van der Waals surface area contributed by atoms with Crippen molar-refractivity contribution in [1.29, 1.82) is 0 Å². The molecule has 0 atom stereocenters. The summed E-state index contributed by atoms with van der Waals surface area (Å²) in [5.41, 5.74) is 2.30. The molecule has 0 amide bonds. The zero-order valence-corrected chi connectivity index (χ0v) is 19.5. The van der Waals surface area contributed by atoms with Crippen LogP contribution in [0.5, 0.6) is 0 Å². The molecule has 3 nitrogen and oxygen atoms in total. The van der Waals surface area contributed by atoms with E-state index in [9.17, 15) is 18.0 Å². The average molecular weight is 458 g/mol. The largest absolute Gasteiger partial charge is 0.481 e. The van der Waals surface area contributed by atoms with Gasteiger partial charge in [0.1, 0.15) is 0 Å². The van der Waals surface area contributed by atoms with Crippen molar-refractivity contribution in [3.63, 3.8) is 0 Å². The average Bonchev–Trinajstić information content (AvgIpc) is 2.73. The second-order valence-corrected chi connectivity index (χ2v) is 8.83. The van der Waals surface area contributed by atoms with Gasteiger partial charge in [0, 0.05) is 25.1 Å². The smallest absolute Gasteiger partial charge is 0.389 e. The molecule has 184 valence electrons. The first-order valence-electron chi connectivity index (χ1n) is 12.5. The molecular weight excluding hydrogens is 415 g/mol. The van der Waals surface area contributed by atoms with Crippen molar-refractivity contribution < 1.29 is 23.1 Å². The van der Waals surface area contributed by atoms with E-state index in [1.165, 1.54) is 50.5 Å². The van der Waals surface area contributed by atoms with Gasteiger partial charge >= 0.3 is 12.1 Å². The number of unbranched alkanes of at least 4 members (excludes halogenated alkanes) is 12. The van der Waals surface area contributed by atoms with E-state index < -0.39 is 18.6 Å². The van der Waals surface area contributed by atoms with E-state index in [2.05, 4.69) is 29.6 Å². The fraction of sp³-hybridized carbons (Fsp3) is 0.731. The summed E-state index contributed by atoms with van der Waals surface area (Å²) in [6, 6.07) is 8.27. The highest BCUT2D eigenvalue weighted by Crippen LogP contribution is 2.23. The van der Waals surface area contributed by atoms with Gasteiger partial charge in [0.2, 0.25) is 0 Å². The van der Waals surface area contributed by atoms with Gasteiger partial charge in [-0.25, -0.2) is 0 Å². The Morgan fingerprint density at radius 2 is 1.19 bits per heavy atom. The molecule has 0 radical (unpaired) electrons. The van der Waals surface area contributed by atoms with Crippen LogP contribution in [0.4, 0.5) is 18.9 Å². The first-order chi connectivity index (χ1) is 15.4. The quantitative estimate of drug-likeness (QED) is 0.193. The van der Waals surface area contributed by atoms with Crippen LogP contribution in [0, 0.1) is 0 Å². The SMILES string of the molecule is O=C(O)CCCc1ccc(NCCCCCCCCCCCCCCCC(F)(F)F)cc1. The number of carboxylic acid groups (broad SMARTS) is 1. The number of carbonyl (C=O) groups is 1. The van der Waals surface area contributed by atoms with Crippen molar-refractivity contribution in [2.45, 2.75) is 115 Å². The van der Waals surface area contributed by atoms with Gasteiger partial charge in [-0.3, -0.25) is 4.79 Å². The van der Waals surface area contributed by atoms with E-state index in [0.29, 0.717) is 12.8 Å². The van der Waals surface area contributed by atoms with Crippen LogP contribution < -0.4 is 5.32 Å². The highest BCUT2D eigenvalue weighted by Gasteiger charge is 2.25. The number of alkyl halides is 3. The lowest BCUT2D eigenvalue weighted by molar-refractivity contribution is -0.137. The molecule has 0 heterocycles. The number of hydrogen-bond acceptors (Lipinski definition) is 2. The molecule has 0 spiro atoms. The Kier molecular flexibility index (Phi) is 15.7. The summed E-state index contributed by atoms with van der Waals surface area (Å²) in [6.07, 6.45) is 11.2. The Bertz CT molecular complexity index is 588. The third kappa shape index (κ3) is 17.9. The number of nitrogens with one attached hydrogen (secondary N) is 1. The minimum Gasteiger partial charge on any atom is -0.481 e. The molecule has 1 rings (SSSR count). The summed E-state index contributed by atoms with van der Waals surface area (Å²) in [5, 5.41) is 12.1. The van der Waals surface area contributed by atoms with Crippen LogP contribution in [0.1, 0.15) is 108 Å². The Hall–Kier alpha value is -1.72. The van der Waals surface area contributed by atoms with Crippen LogP contribution in [0.15, 0.2) is 24.3 Å². The predicted molar refractivity (Wildman–Crippen MR) is 126 cm³/mol. The van der Waals surface area contributed by atoms with E-state index in [1.807, 2.05) is 0 Å². The minimum atomic E-state index is -3.99. The predicted octanol–water partition coefficient (Wildman–Crippen LogP) is 8.53. The van der Waals surface area contributed by atoms with Gasteiger partial charge < -0.3 is 10.4 Å². The van der Waals surface area contributed by atoms with Crippen LogP contribution in [0.25, 0.3) is 0 Å². The maximum absolute atomic E-state index is 12.0. The topological polar surface area (TPSA) is 49.3 Å². The van der Waals surface area contributed by atoms with Crippen LogP contribution in [0.3, 0.4) is 0 Å². The highest BCUT2D eigenvalue weighted by atomic mass is 19.4. The van der Waals surface area contributed by atoms with Crippen molar-refractivity contribution in [3.05, 3.63) is 29.8 Å².